The number of nitrogens with zero attached hydrogens (tertiary/aromatic N) is 3. The third-order valence-electron chi connectivity index (χ3n) is 3.09. The Morgan fingerprint density at radius 1 is 1.39 bits per heavy atom. The van der Waals surface area contributed by atoms with E-state index in [4.69, 9.17) is 10.3 Å². The highest BCUT2D eigenvalue weighted by molar-refractivity contribution is 5.92. The minimum absolute atomic E-state index is 0.0726. The molecule has 124 valence electrons. The molecule has 0 spiro atoms. The summed E-state index contributed by atoms with van der Waals surface area (Å²) in [7, 11) is 0. The Labute approximate surface area is 131 Å². The first-order valence-electron chi connectivity index (χ1n) is 7.01. The number of aromatic nitrogens is 2. The molecule has 23 heavy (non-hydrogen) atoms. The molecular formula is C14H17F2N5O2. The lowest BCUT2D eigenvalue weighted by Gasteiger charge is -2.18. The van der Waals surface area contributed by atoms with Gasteiger partial charge in [-0.3, -0.25) is 9.69 Å². The quantitative estimate of drug-likeness (QED) is 0.795. The van der Waals surface area contributed by atoms with Crippen molar-refractivity contribution in [1.82, 2.24) is 15.0 Å². The monoisotopic (exact) mass is 325 g/mol. The Bertz CT molecular complexity index is 657. The fraction of sp³-hybridized carbons (Fsp3) is 0.357. The van der Waals surface area contributed by atoms with E-state index in [2.05, 4.69) is 15.5 Å². The average Bonchev–Trinajstić information content (AvgIpc) is 2.98. The number of nitrogens with one attached hydrogen (secondary N) is 1. The summed E-state index contributed by atoms with van der Waals surface area (Å²) < 4.78 is 31.9. The second-order valence-electron chi connectivity index (χ2n) is 4.76. The first kappa shape index (κ1) is 17.0. The Balaban J connectivity index is 1.96. The van der Waals surface area contributed by atoms with E-state index in [1.807, 2.05) is 6.92 Å². The molecule has 0 atom stereocenters. The number of anilines is 1. The second kappa shape index (κ2) is 7.75. The maximum atomic E-state index is 13.5. The number of carbonyl (C=O) groups is 1. The topological polar surface area (TPSA) is 97.3 Å². The number of amides is 1. The zero-order chi connectivity index (χ0) is 16.8. The first-order valence-corrected chi connectivity index (χ1v) is 7.01. The fourth-order valence-corrected chi connectivity index (χ4v) is 1.92. The summed E-state index contributed by atoms with van der Waals surface area (Å²) in [5.41, 5.74) is 4.92. The summed E-state index contributed by atoms with van der Waals surface area (Å²) in [5, 5.41) is 5.97. The molecule has 0 aliphatic rings. The highest BCUT2D eigenvalue weighted by Crippen LogP contribution is 2.17. The normalized spacial score (nSPS) is 11.0. The van der Waals surface area contributed by atoms with Crippen molar-refractivity contribution in [3.8, 4) is 0 Å². The van der Waals surface area contributed by atoms with Crippen molar-refractivity contribution in [2.24, 2.45) is 5.73 Å². The Morgan fingerprint density at radius 2 is 2.09 bits per heavy atom. The highest BCUT2D eigenvalue weighted by atomic mass is 19.1. The Morgan fingerprint density at radius 3 is 2.65 bits per heavy atom. The molecule has 1 heterocycles. The zero-order valence-electron chi connectivity index (χ0n) is 12.6. The van der Waals surface area contributed by atoms with Gasteiger partial charge >= 0.3 is 0 Å². The van der Waals surface area contributed by atoms with Crippen molar-refractivity contribution in [1.29, 1.82) is 0 Å². The number of para-hydroxylation sites is 1. The maximum absolute atomic E-state index is 13.5. The van der Waals surface area contributed by atoms with Crippen molar-refractivity contribution in [3.63, 3.8) is 0 Å². The van der Waals surface area contributed by atoms with E-state index < -0.39 is 23.2 Å². The predicted molar refractivity (Wildman–Crippen MR) is 78.1 cm³/mol. The molecule has 0 aliphatic heterocycles. The lowest BCUT2D eigenvalue weighted by Crippen LogP contribution is -2.33. The zero-order valence-corrected chi connectivity index (χ0v) is 12.6. The Hall–Kier alpha value is -2.39. The van der Waals surface area contributed by atoms with Crippen LogP contribution in [-0.2, 0) is 17.9 Å². The van der Waals surface area contributed by atoms with E-state index in [1.165, 1.54) is 6.07 Å². The number of rotatable bonds is 7. The van der Waals surface area contributed by atoms with Gasteiger partial charge in [0.15, 0.2) is 5.82 Å². The second-order valence-corrected chi connectivity index (χ2v) is 4.76. The van der Waals surface area contributed by atoms with Gasteiger partial charge in [0.1, 0.15) is 17.3 Å². The van der Waals surface area contributed by atoms with Crippen molar-refractivity contribution in [2.75, 3.05) is 18.4 Å². The van der Waals surface area contributed by atoms with E-state index in [0.717, 1.165) is 12.1 Å². The molecule has 0 fully saturated rings. The van der Waals surface area contributed by atoms with Crippen LogP contribution >= 0.6 is 0 Å². The number of nitrogens with two attached hydrogens (primary N) is 1. The summed E-state index contributed by atoms with van der Waals surface area (Å²) >= 11 is 0. The molecule has 0 saturated carbocycles. The van der Waals surface area contributed by atoms with Crippen molar-refractivity contribution in [2.45, 2.75) is 20.0 Å². The van der Waals surface area contributed by atoms with Crippen molar-refractivity contribution in [3.05, 3.63) is 41.5 Å². The molecule has 9 heteroatoms. The van der Waals surface area contributed by atoms with E-state index in [-0.39, 0.29) is 19.6 Å². The molecule has 1 aromatic heterocycles. The summed E-state index contributed by atoms with van der Waals surface area (Å²) in [6, 6.07) is 3.37. The van der Waals surface area contributed by atoms with Crippen molar-refractivity contribution < 1.29 is 18.1 Å². The first-order chi connectivity index (χ1) is 11.0. The summed E-state index contributed by atoms with van der Waals surface area (Å²) in [6.07, 6.45) is 0. The van der Waals surface area contributed by atoms with Gasteiger partial charge in [0, 0.05) is 0 Å². The number of halogens is 2. The van der Waals surface area contributed by atoms with Gasteiger partial charge in [-0.25, -0.2) is 8.78 Å². The molecule has 3 N–H and O–H groups in total. The predicted octanol–water partition coefficient (Wildman–Crippen LogP) is 1.27. The van der Waals surface area contributed by atoms with Crippen LogP contribution in [0.15, 0.2) is 22.7 Å². The van der Waals surface area contributed by atoms with Gasteiger partial charge in [-0.2, -0.15) is 4.98 Å². The molecule has 0 saturated heterocycles. The molecule has 0 aliphatic carbocycles. The van der Waals surface area contributed by atoms with Crippen molar-refractivity contribution >= 4 is 11.6 Å². The smallest absolute Gasteiger partial charge is 0.240 e. The van der Waals surface area contributed by atoms with Gasteiger partial charge in [-0.05, 0) is 18.7 Å². The van der Waals surface area contributed by atoms with Crippen LogP contribution in [0, 0.1) is 11.6 Å². The number of benzene rings is 1. The van der Waals surface area contributed by atoms with Crippen LogP contribution in [0.5, 0.6) is 0 Å². The molecule has 2 aromatic rings. The van der Waals surface area contributed by atoms with Gasteiger partial charge in [0.2, 0.25) is 11.8 Å². The van der Waals surface area contributed by atoms with Gasteiger partial charge in [-0.15, -0.1) is 0 Å². The molecule has 0 radical (unpaired) electrons. The summed E-state index contributed by atoms with van der Waals surface area (Å²) in [5.74, 6) is -1.51. The van der Waals surface area contributed by atoms with Crippen LogP contribution in [0.1, 0.15) is 18.6 Å². The number of likely N-dealkylation sites (N-methyl/N-ethyl adjacent to an activating group) is 1. The molecule has 0 bridgehead atoms. The van der Waals surface area contributed by atoms with Gasteiger partial charge in [0.05, 0.1) is 19.6 Å². The largest absolute Gasteiger partial charge is 0.338 e. The van der Waals surface area contributed by atoms with E-state index in [9.17, 15) is 13.6 Å². The van der Waals surface area contributed by atoms with Gasteiger partial charge in [0.25, 0.3) is 0 Å². The fourth-order valence-electron chi connectivity index (χ4n) is 1.92. The SMILES string of the molecule is CCN(CC(=O)Nc1c(F)cccc1F)Cc1noc(CN)n1. The van der Waals surface area contributed by atoms with E-state index in [1.54, 1.807) is 4.90 Å². The minimum Gasteiger partial charge on any atom is -0.338 e. The molecular weight excluding hydrogens is 308 g/mol. The van der Waals surface area contributed by atoms with Crippen LogP contribution in [0.2, 0.25) is 0 Å². The standard InChI is InChI=1S/C14H17F2N5O2/c1-2-21(7-11-18-13(6-17)23-20-11)8-12(22)19-14-9(15)4-3-5-10(14)16/h3-5H,2,6-8,17H2,1H3,(H,19,22). The molecule has 7 nitrogen and oxygen atoms in total. The molecule has 0 unspecified atom stereocenters. The Kier molecular flexibility index (Phi) is 5.72. The highest BCUT2D eigenvalue weighted by Gasteiger charge is 2.16. The third kappa shape index (κ3) is 4.54. The minimum atomic E-state index is -0.827. The molecule has 1 aromatic carbocycles. The van der Waals surface area contributed by atoms with E-state index >= 15 is 0 Å². The summed E-state index contributed by atoms with van der Waals surface area (Å²) in [6.45, 7) is 2.66. The number of carbonyl (C=O) groups excluding carboxylic acids is 1. The average molecular weight is 325 g/mol. The lowest BCUT2D eigenvalue weighted by molar-refractivity contribution is -0.117. The van der Waals surface area contributed by atoms with E-state index in [0.29, 0.717) is 18.3 Å². The van der Waals surface area contributed by atoms with Crippen LogP contribution in [-0.4, -0.2) is 34.0 Å². The maximum Gasteiger partial charge on any atom is 0.240 e. The van der Waals surface area contributed by atoms with Crippen LogP contribution in [0.3, 0.4) is 0 Å². The number of hydrogen-bond donors (Lipinski definition) is 2. The van der Waals surface area contributed by atoms with Crippen LogP contribution < -0.4 is 11.1 Å². The third-order valence-corrected chi connectivity index (χ3v) is 3.09. The summed E-state index contributed by atoms with van der Waals surface area (Å²) in [4.78, 5) is 17.7. The lowest BCUT2D eigenvalue weighted by atomic mass is 10.3. The number of hydrogen-bond acceptors (Lipinski definition) is 6. The van der Waals surface area contributed by atoms with Crippen LogP contribution in [0.4, 0.5) is 14.5 Å². The molecule has 2 rings (SSSR count). The van der Waals surface area contributed by atoms with Crippen LogP contribution in [0.25, 0.3) is 0 Å². The van der Waals surface area contributed by atoms with Gasteiger partial charge < -0.3 is 15.6 Å². The van der Waals surface area contributed by atoms with Gasteiger partial charge in [-0.1, -0.05) is 18.1 Å². The molecule has 1 amide bonds.